The van der Waals surface area contributed by atoms with Crippen molar-refractivity contribution >= 4 is 6.29 Å². The summed E-state index contributed by atoms with van der Waals surface area (Å²) in [6.07, 6.45) is 9.83. The minimum absolute atomic E-state index is 0.729. The summed E-state index contributed by atoms with van der Waals surface area (Å²) < 4.78 is 0. The zero-order chi connectivity index (χ0) is 10.1. The molecule has 0 radical (unpaired) electrons. The third kappa shape index (κ3) is 4.80. The van der Waals surface area contributed by atoms with Crippen LogP contribution in [0, 0.1) is 0 Å². The van der Waals surface area contributed by atoms with Crippen LogP contribution in [-0.4, -0.2) is 6.29 Å². The average Bonchev–Trinajstić information content (AvgIpc) is 2.33. The number of rotatable bonds is 1. The SMILES string of the molecule is C1CCCCC1.O=Cc1ccccc1. The third-order valence-electron chi connectivity index (χ3n) is 2.44. The van der Waals surface area contributed by atoms with Crippen molar-refractivity contribution in [2.24, 2.45) is 0 Å². The molecule has 0 atom stereocenters. The Morgan fingerprint density at radius 2 is 1.21 bits per heavy atom. The van der Waals surface area contributed by atoms with Crippen molar-refractivity contribution in [2.45, 2.75) is 38.5 Å². The topological polar surface area (TPSA) is 17.1 Å². The van der Waals surface area contributed by atoms with Crippen LogP contribution >= 0.6 is 0 Å². The van der Waals surface area contributed by atoms with Crippen LogP contribution in [0.5, 0.6) is 0 Å². The van der Waals surface area contributed by atoms with Gasteiger partial charge in [-0.3, -0.25) is 4.79 Å². The molecule has 0 unspecified atom stereocenters. The molecule has 1 aromatic rings. The highest BCUT2D eigenvalue weighted by Crippen LogP contribution is 2.15. The molecule has 0 aromatic heterocycles. The van der Waals surface area contributed by atoms with E-state index in [1.807, 2.05) is 18.2 Å². The van der Waals surface area contributed by atoms with E-state index in [0.29, 0.717) is 0 Å². The monoisotopic (exact) mass is 190 g/mol. The first-order valence-electron chi connectivity index (χ1n) is 5.44. The molecule has 1 saturated carbocycles. The molecular weight excluding hydrogens is 172 g/mol. The van der Waals surface area contributed by atoms with Gasteiger partial charge in [0, 0.05) is 5.56 Å². The summed E-state index contributed by atoms with van der Waals surface area (Å²) in [7, 11) is 0. The lowest BCUT2D eigenvalue weighted by Crippen LogP contribution is -1.85. The first-order valence-corrected chi connectivity index (χ1v) is 5.44. The third-order valence-corrected chi connectivity index (χ3v) is 2.44. The summed E-state index contributed by atoms with van der Waals surface area (Å²) in [6.45, 7) is 0. The molecule has 0 spiro atoms. The van der Waals surface area contributed by atoms with Crippen LogP contribution in [0.4, 0.5) is 0 Å². The second-order valence-corrected chi connectivity index (χ2v) is 3.65. The molecule has 1 aromatic carbocycles. The van der Waals surface area contributed by atoms with Gasteiger partial charge in [-0.2, -0.15) is 0 Å². The predicted molar refractivity (Wildman–Crippen MR) is 59.5 cm³/mol. The number of benzene rings is 1. The molecule has 76 valence electrons. The van der Waals surface area contributed by atoms with Crippen molar-refractivity contribution < 1.29 is 4.79 Å². The molecule has 0 aliphatic heterocycles. The smallest absolute Gasteiger partial charge is 0.150 e. The Labute approximate surface area is 86.1 Å². The molecule has 1 fully saturated rings. The molecule has 0 heterocycles. The number of hydrogen-bond acceptors (Lipinski definition) is 1. The molecule has 0 amide bonds. The summed E-state index contributed by atoms with van der Waals surface area (Å²) in [5, 5.41) is 0. The molecule has 0 bridgehead atoms. The lowest BCUT2D eigenvalue weighted by molar-refractivity contribution is 0.112. The van der Waals surface area contributed by atoms with Gasteiger partial charge in [-0.25, -0.2) is 0 Å². The molecule has 1 aliphatic rings. The quantitative estimate of drug-likeness (QED) is 0.615. The number of carbonyl (C=O) groups is 1. The number of carbonyl (C=O) groups excluding carboxylic acids is 1. The van der Waals surface area contributed by atoms with Crippen molar-refractivity contribution in [3.63, 3.8) is 0 Å². The average molecular weight is 190 g/mol. The van der Waals surface area contributed by atoms with E-state index >= 15 is 0 Å². The van der Waals surface area contributed by atoms with E-state index in [1.54, 1.807) is 12.1 Å². The second-order valence-electron chi connectivity index (χ2n) is 3.65. The zero-order valence-electron chi connectivity index (χ0n) is 8.61. The van der Waals surface area contributed by atoms with E-state index in [-0.39, 0.29) is 0 Å². The molecule has 14 heavy (non-hydrogen) atoms. The minimum Gasteiger partial charge on any atom is -0.298 e. The molecule has 2 rings (SSSR count). The Kier molecular flexibility index (Phi) is 5.73. The van der Waals surface area contributed by atoms with Crippen molar-refractivity contribution in [2.75, 3.05) is 0 Å². The van der Waals surface area contributed by atoms with E-state index in [0.717, 1.165) is 11.8 Å². The lowest BCUT2D eigenvalue weighted by atomic mass is 10.0. The molecule has 0 saturated heterocycles. The van der Waals surface area contributed by atoms with Gasteiger partial charge in [0.15, 0.2) is 0 Å². The van der Waals surface area contributed by atoms with Crippen LogP contribution in [0.1, 0.15) is 48.9 Å². The summed E-state index contributed by atoms with van der Waals surface area (Å²) in [5.41, 5.74) is 0.729. The molecular formula is C13H18O. The molecule has 1 nitrogen and oxygen atoms in total. The van der Waals surface area contributed by atoms with Crippen LogP contribution in [-0.2, 0) is 0 Å². The van der Waals surface area contributed by atoms with Gasteiger partial charge in [0.1, 0.15) is 6.29 Å². The van der Waals surface area contributed by atoms with Gasteiger partial charge in [0.25, 0.3) is 0 Å². The van der Waals surface area contributed by atoms with Crippen molar-refractivity contribution in [1.82, 2.24) is 0 Å². The van der Waals surface area contributed by atoms with Crippen LogP contribution in [0.25, 0.3) is 0 Å². The maximum absolute atomic E-state index is 10.0. The maximum atomic E-state index is 10.0. The van der Waals surface area contributed by atoms with Gasteiger partial charge in [0.2, 0.25) is 0 Å². The highest BCUT2D eigenvalue weighted by molar-refractivity contribution is 5.74. The maximum Gasteiger partial charge on any atom is 0.150 e. The van der Waals surface area contributed by atoms with E-state index in [4.69, 9.17) is 0 Å². The minimum atomic E-state index is 0.729. The summed E-state index contributed by atoms with van der Waals surface area (Å²) in [6, 6.07) is 9.10. The number of hydrogen-bond donors (Lipinski definition) is 0. The zero-order valence-corrected chi connectivity index (χ0v) is 8.61. The van der Waals surface area contributed by atoms with Crippen molar-refractivity contribution in [1.29, 1.82) is 0 Å². The lowest BCUT2D eigenvalue weighted by Gasteiger charge is -2.05. The van der Waals surface area contributed by atoms with Crippen LogP contribution in [0.2, 0.25) is 0 Å². The van der Waals surface area contributed by atoms with Crippen molar-refractivity contribution in [3.05, 3.63) is 35.9 Å². The fourth-order valence-corrected chi connectivity index (χ4v) is 1.59. The fraction of sp³-hybridized carbons (Fsp3) is 0.462. The van der Waals surface area contributed by atoms with Gasteiger partial charge < -0.3 is 0 Å². The summed E-state index contributed by atoms with van der Waals surface area (Å²) in [4.78, 5) is 10.0. The second kappa shape index (κ2) is 7.31. The largest absolute Gasteiger partial charge is 0.298 e. The summed E-state index contributed by atoms with van der Waals surface area (Å²) >= 11 is 0. The Morgan fingerprint density at radius 3 is 1.50 bits per heavy atom. The van der Waals surface area contributed by atoms with Crippen LogP contribution < -0.4 is 0 Å². The van der Waals surface area contributed by atoms with E-state index < -0.39 is 0 Å². The van der Waals surface area contributed by atoms with Gasteiger partial charge in [-0.1, -0.05) is 68.9 Å². The predicted octanol–water partition coefficient (Wildman–Crippen LogP) is 3.84. The van der Waals surface area contributed by atoms with Crippen LogP contribution in [0.15, 0.2) is 30.3 Å². The van der Waals surface area contributed by atoms with E-state index in [1.165, 1.54) is 38.5 Å². The Bertz CT molecular complexity index is 225. The van der Waals surface area contributed by atoms with Gasteiger partial charge in [-0.15, -0.1) is 0 Å². The van der Waals surface area contributed by atoms with Gasteiger partial charge in [0.05, 0.1) is 0 Å². The highest BCUT2D eigenvalue weighted by Gasteiger charge is 1.95. The highest BCUT2D eigenvalue weighted by atomic mass is 16.1. The molecule has 0 N–H and O–H groups in total. The first-order chi connectivity index (χ1) is 6.93. The number of aldehydes is 1. The van der Waals surface area contributed by atoms with E-state index in [2.05, 4.69) is 0 Å². The van der Waals surface area contributed by atoms with E-state index in [9.17, 15) is 4.79 Å². The first kappa shape index (κ1) is 11.0. The molecule has 1 heteroatoms. The normalized spacial score (nSPS) is 15.1. The van der Waals surface area contributed by atoms with Crippen LogP contribution in [0.3, 0.4) is 0 Å². The Balaban J connectivity index is 0.000000146. The van der Waals surface area contributed by atoms with Gasteiger partial charge >= 0.3 is 0 Å². The Morgan fingerprint density at radius 1 is 0.786 bits per heavy atom. The molecule has 1 aliphatic carbocycles. The van der Waals surface area contributed by atoms with Crippen molar-refractivity contribution in [3.8, 4) is 0 Å². The summed E-state index contributed by atoms with van der Waals surface area (Å²) in [5.74, 6) is 0. The fourth-order valence-electron chi connectivity index (χ4n) is 1.59. The Hall–Kier alpha value is -1.11. The standard InChI is InChI=1S/C7H6O.C6H12/c8-6-7-4-2-1-3-5-7;1-2-4-6-5-3-1/h1-6H;1-6H2. The van der Waals surface area contributed by atoms with Gasteiger partial charge in [-0.05, 0) is 0 Å².